The molecule has 0 saturated carbocycles. The van der Waals surface area contributed by atoms with Crippen LogP contribution in [0, 0.1) is 5.92 Å². The second-order valence-electron chi connectivity index (χ2n) is 5.42. The molecular formula is C16H24N2OS. The van der Waals surface area contributed by atoms with E-state index in [0.717, 1.165) is 12.0 Å². The van der Waals surface area contributed by atoms with Gasteiger partial charge >= 0.3 is 0 Å². The molecule has 1 heterocycles. The van der Waals surface area contributed by atoms with E-state index in [2.05, 4.69) is 5.32 Å². The predicted molar refractivity (Wildman–Crippen MR) is 85.7 cm³/mol. The third kappa shape index (κ3) is 5.17. The molecule has 1 fully saturated rings. The summed E-state index contributed by atoms with van der Waals surface area (Å²) < 4.78 is 0. The van der Waals surface area contributed by atoms with Crippen molar-refractivity contribution in [3.8, 4) is 0 Å². The van der Waals surface area contributed by atoms with Gasteiger partial charge in [-0.15, -0.1) is 0 Å². The summed E-state index contributed by atoms with van der Waals surface area (Å²) in [5.41, 5.74) is 7.24. The summed E-state index contributed by atoms with van der Waals surface area (Å²) in [7, 11) is 0. The van der Waals surface area contributed by atoms with Crippen molar-refractivity contribution >= 4 is 17.7 Å². The Morgan fingerprint density at radius 3 is 2.70 bits per heavy atom. The van der Waals surface area contributed by atoms with Crippen molar-refractivity contribution in [3.63, 3.8) is 0 Å². The first-order valence-electron chi connectivity index (χ1n) is 7.40. The molecule has 0 aromatic heterocycles. The van der Waals surface area contributed by atoms with E-state index in [4.69, 9.17) is 5.73 Å². The SMILES string of the molecule is NC(CCNC(=O)CC1CCSCC1)c1ccccc1. The highest BCUT2D eigenvalue weighted by atomic mass is 32.2. The van der Waals surface area contributed by atoms with Gasteiger partial charge in [0.25, 0.3) is 0 Å². The minimum Gasteiger partial charge on any atom is -0.356 e. The number of nitrogens with two attached hydrogens (primary N) is 1. The van der Waals surface area contributed by atoms with Crippen LogP contribution in [0.25, 0.3) is 0 Å². The number of thioether (sulfide) groups is 1. The van der Waals surface area contributed by atoms with Gasteiger partial charge in [0.05, 0.1) is 0 Å². The first-order valence-corrected chi connectivity index (χ1v) is 8.56. The minimum absolute atomic E-state index is 0.00239. The van der Waals surface area contributed by atoms with Crippen LogP contribution in [0.3, 0.4) is 0 Å². The molecule has 110 valence electrons. The van der Waals surface area contributed by atoms with Crippen molar-refractivity contribution in [1.82, 2.24) is 5.32 Å². The monoisotopic (exact) mass is 292 g/mol. The van der Waals surface area contributed by atoms with Gasteiger partial charge < -0.3 is 11.1 Å². The van der Waals surface area contributed by atoms with Gasteiger partial charge in [0, 0.05) is 19.0 Å². The lowest BCUT2D eigenvalue weighted by molar-refractivity contribution is -0.122. The molecule has 0 bridgehead atoms. The normalized spacial score (nSPS) is 17.6. The molecule has 1 aliphatic rings. The number of carbonyl (C=O) groups is 1. The number of rotatable bonds is 6. The fourth-order valence-electron chi connectivity index (χ4n) is 2.52. The van der Waals surface area contributed by atoms with Crippen LogP contribution in [0.2, 0.25) is 0 Å². The molecule has 0 radical (unpaired) electrons. The Morgan fingerprint density at radius 1 is 1.30 bits per heavy atom. The van der Waals surface area contributed by atoms with Gasteiger partial charge in [0.2, 0.25) is 5.91 Å². The number of carbonyl (C=O) groups excluding carboxylic acids is 1. The quantitative estimate of drug-likeness (QED) is 0.847. The molecule has 4 heteroatoms. The van der Waals surface area contributed by atoms with Crippen LogP contribution in [-0.2, 0) is 4.79 Å². The van der Waals surface area contributed by atoms with Crippen molar-refractivity contribution in [2.24, 2.45) is 11.7 Å². The smallest absolute Gasteiger partial charge is 0.220 e. The van der Waals surface area contributed by atoms with Gasteiger partial charge in [-0.3, -0.25) is 4.79 Å². The van der Waals surface area contributed by atoms with E-state index >= 15 is 0 Å². The van der Waals surface area contributed by atoms with Crippen molar-refractivity contribution in [2.45, 2.75) is 31.7 Å². The van der Waals surface area contributed by atoms with E-state index in [9.17, 15) is 4.79 Å². The van der Waals surface area contributed by atoms with Crippen LogP contribution in [0.1, 0.15) is 37.3 Å². The zero-order chi connectivity index (χ0) is 14.2. The second kappa shape index (κ2) is 8.32. The van der Waals surface area contributed by atoms with Gasteiger partial charge in [-0.05, 0) is 42.2 Å². The standard InChI is InChI=1S/C16H24N2OS/c17-15(14-4-2-1-3-5-14)6-9-18-16(19)12-13-7-10-20-11-8-13/h1-5,13,15H,6-12,17H2,(H,18,19). The Balaban J connectivity index is 1.63. The molecule has 3 N–H and O–H groups in total. The summed E-state index contributed by atoms with van der Waals surface area (Å²) in [5.74, 6) is 3.18. The fraction of sp³-hybridized carbons (Fsp3) is 0.562. The van der Waals surface area contributed by atoms with Crippen molar-refractivity contribution in [1.29, 1.82) is 0 Å². The largest absolute Gasteiger partial charge is 0.356 e. The maximum atomic E-state index is 11.9. The fourth-order valence-corrected chi connectivity index (χ4v) is 3.72. The summed E-state index contributed by atoms with van der Waals surface area (Å²) in [6.07, 6.45) is 3.83. The summed E-state index contributed by atoms with van der Waals surface area (Å²) >= 11 is 2.00. The third-order valence-corrected chi connectivity index (χ3v) is 4.87. The summed E-state index contributed by atoms with van der Waals surface area (Å²) in [5, 5.41) is 3.00. The van der Waals surface area contributed by atoms with Crippen LogP contribution in [0.5, 0.6) is 0 Å². The van der Waals surface area contributed by atoms with Crippen LogP contribution >= 0.6 is 11.8 Å². The Kier molecular flexibility index (Phi) is 6.40. The molecule has 0 aliphatic carbocycles. The van der Waals surface area contributed by atoms with Crippen LogP contribution in [0.4, 0.5) is 0 Å². The molecular weight excluding hydrogens is 268 g/mol. The van der Waals surface area contributed by atoms with Crippen LogP contribution in [0.15, 0.2) is 30.3 Å². The maximum absolute atomic E-state index is 11.9. The van der Waals surface area contributed by atoms with E-state index in [1.165, 1.54) is 24.3 Å². The lowest BCUT2D eigenvalue weighted by atomic mass is 9.98. The summed E-state index contributed by atoms with van der Waals surface area (Å²) in [6.45, 7) is 0.663. The Morgan fingerprint density at radius 2 is 2.00 bits per heavy atom. The van der Waals surface area contributed by atoms with Gasteiger partial charge in [0.15, 0.2) is 0 Å². The third-order valence-electron chi connectivity index (χ3n) is 3.82. The molecule has 1 aromatic rings. The number of hydrogen-bond acceptors (Lipinski definition) is 3. The van der Waals surface area contributed by atoms with E-state index in [-0.39, 0.29) is 11.9 Å². The maximum Gasteiger partial charge on any atom is 0.220 e. The van der Waals surface area contributed by atoms with E-state index in [0.29, 0.717) is 18.9 Å². The molecule has 1 saturated heterocycles. The molecule has 1 unspecified atom stereocenters. The molecule has 0 spiro atoms. The lowest BCUT2D eigenvalue weighted by Crippen LogP contribution is -2.29. The van der Waals surface area contributed by atoms with E-state index < -0.39 is 0 Å². The number of amides is 1. The topological polar surface area (TPSA) is 55.1 Å². The Labute approximate surface area is 125 Å². The van der Waals surface area contributed by atoms with Crippen LogP contribution in [-0.4, -0.2) is 24.0 Å². The molecule has 1 amide bonds. The zero-order valence-corrected chi connectivity index (χ0v) is 12.7. The van der Waals surface area contributed by atoms with Crippen LogP contribution < -0.4 is 11.1 Å². The van der Waals surface area contributed by atoms with Gasteiger partial charge in [-0.2, -0.15) is 11.8 Å². The highest BCUT2D eigenvalue weighted by Gasteiger charge is 2.17. The summed E-state index contributed by atoms with van der Waals surface area (Å²) in [6, 6.07) is 10.0. The molecule has 2 rings (SSSR count). The number of nitrogens with one attached hydrogen (secondary N) is 1. The highest BCUT2D eigenvalue weighted by Crippen LogP contribution is 2.25. The first kappa shape index (κ1) is 15.4. The molecule has 3 nitrogen and oxygen atoms in total. The lowest BCUT2D eigenvalue weighted by Gasteiger charge is -2.20. The second-order valence-corrected chi connectivity index (χ2v) is 6.64. The number of hydrogen-bond donors (Lipinski definition) is 2. The van der Waals surface area contributed by atoms with Crippen molar-refractivity contribution in [3.05, 3.63) is 35.9 Å². The number of benzene rings is 1. The highest BCUT2D eigenvalue weighted by molar-refractivity contribution is 7.99. The predicted octanol–water partition coefficient (Wildman–Crippen LogP) is 2.73. The average Bonchev–Trinajstić information content (AvgIpc) is 2.49. The van der Waals surface area contributed by atoms with Gasteiger partial charge in [-0.1, -0.05) is 30.3 Å². The molecule has 20 heavy (non-hydrogen) atoms. The van der Waals surface area contributed by atoms with Crippen molar-refractivity contribution < 1.29 is 4.79 Å². The average molecular weight is 292 g/mol. The Hall–Kier alpha value is -1.00. The van der Waals surface area contributed by atoms with E-state index in [1.807, 2.05) is 42.1 Å². The molecule has 1 aliphatic heterocycles. The van der Waals surface area contributed by atoms with Gasteiger partial charge in [-0.25, -0.2) is 0 Å². The van der Waals surface area contributed by atoms with Crippen molar-refractivity contribution in [2.75, 3.05) is 18.1 Å². The van der Waals surface area contributed by atoms with Gasteiger partial charge in [0.1, 0.15) is 0 Å². The minimum atomic E-state index is 0.00239. The zero-order valence-electron chi connectivity index (χ0n) is 11.9. The molecule has 1 atom stereocenters. The first-order chi connectivity index (χ1) is 9.75. The Bertz CT molecular complexity index is 404. The summed E-state index contributed by atoms with van der Waals surface area (Å²) in [4.78, 5) is 11.9. The van der Waals surface area contributed by atoms with E-state index in [1.54, 1.807) is 0 Å². The molecule has 1 aromatic carbocycles.